The van der Waals surface area contributed by atoms with Gasteiger partial charge in [0.1, 0.15) is 68.5 Å². The summed E-state index contributed by atoms with van der Waals surface area (Å²) in [6, 6.07) is 21.2. The van der Waals surface area contributed by atoms with Gasteiger partial charge in [-0.3, -0.25) is 0 Å². The van der Waals surface area contributed by atoms with E-state index in [2.05, 4.69) is 31.0 Å². The van der Waals surface area contributed by atoms with Crippen molar-refractivity contribution in [1.29, 1.82) is 0 Å². The Kier molecular flexibility index (Phi) is 9.06. The molecule has 7 rings (SSSR count). The first-order chi connectivity index (χ1) is 23.3. The Morgan fingerprint density at radius 1 is 1.04 bits per heavy atom. The summed E-state index contributed by atoms with van der Waals surface area (Å²) >= 11 is 12.7. The van der Waals surface area contributed by atoms with Gasteiger partial charge in [-0.15, -0.1) is 0 Å². The third-order valence-electron chi connectivity index (χ3n) is 8.66. The molecule has 5 aromatic rings. The fraction of sp³-hybridized carbons (Fsp3) is 0.324. The highest BCUT2D eigenvalue weighted by Crippen LogP contribution is 2.40. The zero-order valence-electron chi connectivity index (χ0n) is 26.5. The molecule has 1 fully saturated rings. The Labute approximate surface area is 287 Å². The van der Waals surface area contributed by atoms with Gasteiger partial charge in [-0.25, -0.2) is 33.2 Å². The van der Waals surface area contributed by atoms with Crippen LogP contribution in [0.25, 0.3) is 5.69 Å². The molecule has 12 nitrogen and oxygen atoms in total. The van der Waals surface area contributed by atoms with Crippen LogP contribution in [0.1, 0.15) is 31.9 Å². The standard InChI is InChI=1S/C34H35Cl2N8O4/c1-3-24(2)44-33(45)43(22-39-44)28-7-5-26(6-8-28)40-14-15-41(23-40)27-9-11-29(12-10-27)46-17-30-18-47-34(48-30,19-42-21-37-20-38-42)31-13-4-25(35)16-32(31)36/h4-13,16,20-24,30H,3,14-15,17-19H2,1-2H3/q+1/t24?,30-,34-/m1/s1. The fourth-order valence-corrected chi connectivity index (χ4v) is 6.42. The van der Waals surface area contributed by atoms with Gasteiger partial charge in [-0.1, -0.05) is 36.2 Å². The van der Waals surface area contributed by atoms with Gasteiger partial charge < -0.3 is 14.2 Å². The van der Waals surface area contributed by atoms with Crippen LogP contribution in [0.15, 0.2) is 90.5 Å². The molecule has 2 aromatic heterocycles. The Bertz CT molecular complexity index is 1960. The molecule has 1 unspecified atom stereocenters. The predicted octanol–water partition coefficient (Wildman–Crippen LogP) is 5.44. The van der Waals surface area contributed by atoms with E-state index >= 15 is 0 Å². The molecule has 0 spiro atoms. The van der Waals surface area contributed by atoms with Gasteiger partial charge in [0.2, 0.25) is 12.1 Å². The number of halogens is 2. The first kappa shape index (κ1) is 32.1. The molecule has 1 saturated heterocycles. The lowest BCUT2D eigenvalue weighted by molar-refractivity contribution is -0.424. The van der Waals surface area contributed by atoms with Crippen LogP contribution in [0, 0.1) is 0 Å². The second-order valence-corrected chi connectivity index (χ2v) is 12.7. The van der Waals surface area contributed by atoms with E-state index in [4.69, 9.17) is 37.4 Å². The Morgan fingerprint density at radius 2 is 1.83 bits per heavy atom. The van der Waals surface area contributed by atoms with Crippen molar-refractivity contribution in [3.63, 3.8) is 0 Å². The summed E-state index contributed by atoms with van der Waals surface area (Å²) in [6.45, 7) is 6.55. The SMILES string of the molecule is CCC(C)n1ncn(-c2ccc([N+]3=CN(c4ccc(OC[C@@H]5CO[C@@](Cn6cncn6)(c6ccc(Cl)cc6Cl)O5)cc4)CC3)cc2)c1=O. The van der Waals surface area contributed by atoms with E-state index in [-0.39, 0.29) is 31.0 Å². The second-order valence-electron chi connectivity index (χ2n) is 11.8. The molecule has 2 aliphatic heterocycles. The number of ether oxygens (including phenoxy) is 3. The number of hydrogen-bond acceptors (Lipinski definition) is 8. The van der Waals surface area contributed by atoms with E-state index in [1.807, 2.05) is 68.4 Å². The van der Waals surface area contributed by atoms with Crippen molar-refractivity contribution >= 4 is 40.9 Å². The van der Waals surface area contributed by atoms with Crippen molar-refractivity contribution in [2.75, 3.05) is 31.2 Å². The number of benzene rings is 3. The van der Waals surface area contributed by atoms with Gasteiger partial charge in [0.05, 0.1) is 23.4 Å². The summed E-state index contributed by atoms with van der Waals surface area (Å²) in [5, 5.41) is 9.48. The lowest BCUT2D eigenvalue weighted by Crippen LogP contribution is -2.35. The molecule has 0 N–H and O–H groups in total. The van der Waals surface area contributed by atoms with Crippen LogP contribution in [0.2, 0.25) is 10.0 Å². The third-order valence-corrected chi connectivity index (χ3v) is 9.21. The first-order valence-electron chi connectivity index (χ1n) is 15.8. The van der Waals surface area contributed by atoms with Crippen LogP contribution in [0.5, 0.6) is 5.75 Å². The molecular formula is C34H35Cl2N8O4+. The van der Waals surface area contributed by atoms with Gasteiger partial charge >= 0.3 is 5.69 Å². The monoisotopic (exact) mass is 689 g/mol. The average Bonchev–Trinajstić information content (AvgIpc) is 3.92. The van der Waals surface area contributed by atoms with Gasteiger partial charge in [0.25, 0.3) is 0 Å². The van der Waals surface area contributed by atoms with Crippen LogP contribution < -0.4 is 15.3 Å². The van der Waals surface area contributed by atoms with Gasteiger partial charge in [-0.05, 0) is 74.0 Å². The maximum atomic E-state index is 12.8. The lowest BCUT2D eigenvalue weighted by atomic mass is 10.1. The highest BCUT2D eigenvalue weighted by molar-refractivity contribution is 6.35. The van der Waals surface area contributed by atoms with Crippen LogP contribution in [-0.2, 0) is 21.8 Å². The van der Waals surface area contributed by atoms with E-state index in [1.54, 1.807) is 34.0 Å². The molecule has 0 amide bonds. The summed E-state index contributed by atoms with van der Waals surface area (Å²) in [6.07, 6.45) is 7.24. The van der Waals surface area contributed by atoms with E-state index in [1.165, 1.54) is 11.0 Å². The number of nitrogens with zero attached hydrogens (tertiary/aromatic N) is 8. The van der Waals surface area contributed by atoms with Crippen LogP contribution in [-0.4, -0.2) is 72.4 Å². The van der Waals surface area contributed by atoms with E-state index in [0.717, 1.165) is 42.3 Å². The summed E-state index contributed by atoms with van der Waals surface area (Å²) in [7, 11) is 0. The van der Waals surface area contributed by atoms with Crippen molar-refractivity contribution in [3.8, 4) is 11.4 Å². The summed E-state index contributed by atoms with van der Waals surface area (Å²) < 4.78 is 25.8. The molecule has 0 bridgehead atoms. The quantitative estimate of drug-likeness (QED) is 0.169. The van der Waals surface area contributed by atoms with Crippen molar-refractivity contribution in [2.45, 2.75) is 44.7 Å². The topological polar surface area (TPSA) is 104 Å². The zero-order valence-corrected chi connectivity index (χ0v) is 28.0. The highest BCUT2D eigenvalue weighted by Gasteiger charge is 2.45. The molecule has 48 heavy (non-hydrogen) atoms. The Morgan fingerprint density at radius 3 is 2.56 bits per heavy atom. The molecule has 4 heterocycles. The summed E-state index contributed by atoms with van der Waals surface area (Å²) in [5.41, 5.74) is 3.41. The first-order valence-corrected chi connectivity index (χ1v) is 16.5. The van der Waals surface area contributed by atoms with E-state index < -0.39 is 5.79 Å². The number of rotatable bonds is 11. The van der Waals surface area contributed by atoms with E-state index in [9.17, 15) is 4.79 Å². The molecular weight excluding hydrogens is 655 g/mol. The number of aromatic nitrogens is 6. The molecule has 14 heteroatoms. The zero-order chi connectivity index (χ0) is 33.3. The minimum atomic E-state index is -1.17. The summed E-state index contributed by atoms with van der Waals surface area (Å²) in [5.74, 6) is -0.446. The molecule has 3 aromatic carbocycles. The van der Waals surface area contributed by atoms with Gasteiger partial charge in [-0.2, -0.15) is 10.2 Å². The second kappa shape index (κ2) is 13.6. The molecule has 0 aliphatic carbocycles. The number of hydrogen-bond donors (Lipinski definition) is 0. The minimum absolute atomic E-state index is 0.0533. The van der Waals surface area contributed by atoms with Crippen LogP contribution in [0.3, 0.4) is 0 Å². The smallest absolute Gasteiger partial charge is 0.350 e. The lowest BCUT2D eigenvalue weighted by Gasteiger charge is -2.29. The van der Waals surface area contributed by atoms with Crippen molar-refractivity contribution in [2.24, 2.45) is 0 Å². The highest BCUT2D eigenvalue weighted by atomic mass is 35.5. The normalized spacial score (nSPS) is 19.9. The van der Waals surface area contributed by atoms with Crippen LogP contribution >= 0.6 is 23.2 Å². The van der Waals surface area contributed by atoms with Crippen molar-refractivity contribution in [1.82, 2.24) is 29.1 Å². The average molecular weight is 691 g/mol. The number of anilines is 1. The molecule has 3 atom stereocenters. The predicted molar refractivity (Wildman–Crippen MR) is 182 cm³/mol. The van der Waals surface area contributed by atoms with Crippen molar-refractivity contribution < 1.29 is 18.8 Å². The summed E-state index contributed by atoms with van der Waals surface area (Å²) in [4.78, 5) is 19.0. The van der Waals surface area contributed by atoms with Crippen LogP contribution in [0.4, 0.5) is 11.4 Å². The third kappa shape index (κ3) is 6.48. The largest absolute Gasteiger partial charge is 0.491 e. The van der Waals surface area contributed by atoms with Crippen molar-refractivity contribution in [3.05, 3.63) is 112 Å². The Balaban J connectivity index is 0.978. The van der Waals surface area contributed by atoms with Gasteiger partial charge in [0.15, 0.2) is 0 Å². The maximum Gasteiger partial charge on any atom is 0.350 e. The van der Waals surface area contributed by atoms with E-state index in [0.29, 0.717) is 22.2 Å². The molecule has 2 aliphatic rings. The fourth-order valence-electron chi connectivity index (χ4n) is 5.87. The van der Waals surface area contributed by atoms with Gasteiger partial charge in [0, 0.05) is 10.6 Å². The molecule has 0 saturated carbocycles. The molecule has 248 valence electrons. The molecule has 0 radical (unpaired) electrons. The minimum Gasteiger partial charge on any atom is -0.491 e. The maximum absolute atomic E-state index is 12.8. The Hall–Kier alpha value is -4.49.